The number of rotatable bonds is 5. The number of anilines is 2. The zero-order valence-corrected chi connectivity index (χ0v) is 19.8. The maximum Gasteiger partial charge on any atom is 0.412 e. The Morgan fingerprint density at radius 1 is 0.938 bits per heavy atom. The summed E-state index contributed by atoms with van der Waals surface area (Å²) in [5.41, 5.74) is 2.61. The van der Waals surface area contributed by atoms with Crippen LogP contribution in [-0.2, 0) is 11.3 Å². The van der Waals surface area contributed by atoms with E-state index in [1.165, 1.54) is 18.4 Å². The van der Waals surface area contributed by atoms with Crippen molar-refractivity contribution in [3.05, 3.63) is 59.7 Å². The summed E-state index contributed by atoms with van der Waals surface area (Å²) in [5.74, 6) is -0.227. The van der Waals surface area contributed by atoms with E-state index in [9.17, 15) is 9.59 Å². The Bertz CT molecular complexity index is 936. The molecule has 0 atom stereocenters. The molecule has 1 fully saturated rings. The fourth-order valence-electron chi connectivity index (χ4n) is 3.65. The number of carbonyl (C=O) groups is 2. The first-order valence-electron chi connectivity index (χ1n) is 11.2. The maximum absolute atomic E-state index is 12.8. The predicted octanol–water partition coefficient (Wildman–Crippen LogP) is 5.91. The molecule has 3 rings (SSSR count). The average Bonchev–Trinajstić information content (AvgIpc) is 2.70. The molecule has 1 heterocycles. The Morgan fingerprint density at radius 3 is 2.06 bits per heavy atom. The zero-order valence-electron chi connectivity index (χ0n) is 19.8. The number of carbonyl (C=O) groups excluding carboxylic acids is 2. The molecule has 1 aliphatic rings. The molecule has 6 heteroatoms. The van der Waals surface area contributed by atoms with Crippen molar-refractivity contribution in [2.45, 2.75) is 59.6 Å². The lowest BCUT2D eigenvalue weighted by Gasteiger charge is -2.36. The Labute approximate surface area is 191 Å². The first-order valence-corrected chi connectivity index (χ1v) is 11.2. The molecule has 32 heavy (non-hydrogen) atoms. The summed E-state index contributed by atoms with van der Waals surface area (Å²) in [6, 6.07) is 14.8. The second kappa shape index (κ2) is 9.74. The molecule has 2 aromatic rings. The van der Waals surface area contributed by atoms with E-state index in [-0.39, 0.29) is 5.91 Å². The number of hydrogen-bond acceptors (Lipinski definition) is 4. The molecule has 2 amide bonds. The topological polar surface area (TPSA) is 70.7 Å². The van der Waals surface area contributed by atoms with Crippen LogP contribution in [-0.4, -0.2) is 35.6 Å². The van der Waals surface area contributed by atoms with Crippen molar-refractivity contribution >= 4 is 23.4 Å². The van der Waals surface area contributed by atoms with E-state index in [0.29, 0.717) is 22.4 Å². The van der Waals surface area contributed by atoms with Crippen LogP contribution >= 0.6 is 0 Å². The number of ether oxygens (including phenoxy) is 1. The van der Waals surface area contributed by atoms with Crippen LogP contribution in [0.1, 0.15) is 63.4 Å². The van der Waals surface area contributed by atoms with Crippen LogP contribution in [0.25, 0.3) is 0 Å². The highest BCUT2D eigenvalue weighted by Crippen LogP contribution is 2.30. The van der Waals surface area contributed by atoms with Crippen molar-refractivity contribution < 1.29 is 14.3 Å². The molecule has 0 aromatic heterocycles. The summed E-state index contributed by atoms with van der Waals surface area (Å²) in [5, 5.41) is 5.59. The molecule has 1 saturated heterocycles. The van der Waals surface area contributed by atoms with Gasteiger partial charge >= 0.3 is 6.09 Å². The number of hydrogen-bond donors (Lipinski definition) is 2. The summed E-state index contributed by atoms with van der Waals surface area (Å²) in [7, 11) is 0. The molecule has 2 aromatic carbocycles. The summed E-state index contributed by atoms with van der Waals surface area (Å²) in [6.45, 7) is 13.2. The van der Waals surface area contributed by atoms with Crippen LogP contribution < -0.4 is 10.6 Å². The molecular weight excluding hydrogens is 402 g/mol. The van der Waals surface area contributed by atoms with Crippen LogP contribution in [0.5, 0.6) is 0 Å². The lowest BCUT2D eigenvalue weighted by Crippen LogP contribution is -2.36. The zero-order chi connectivity index (χ0) is 23.4. The molecule has 0 radical (unpaired) electrons. The molecule has 1 aliphatic heterocycles. The van der Waals surface area contributed by atoms with E-state index >= 15 is 0 Å². The van der Waals surface area contributed by atoms with Crippen molar-refractivity contribution in [3.8, 4) is 0 Å². The van der Waals surface area contributed by atoms with Crippen LogP contribution in [0, 0.1) is 5.41 Å². The standard InChI is InChI=1S/C26H35N3O3/c1-25(2,3)32-24(31)28-22-9-7-6-8-21(22)27-23(30)20-12-10-19(11-13-20)18-29-16-14-26(4,5)15-17-29/h6-13H,14-18H2,1-5H3,(H,27,30)(H,28,31). The first kappa shape index (κ1) is 23.8. The Kier molecular flexibility index (Phi) is 7.24. The van der Waals surface area contributed by atoms with E-state index in [4.69, 9.17) is 4.74 Å². The number of benzene rings is 2. The smallest absolute Gasteiger partial charge is 0.412 e. The predicted molar refractivity (Wildman–Crippen MR) is 129 cm³/mol. The average molecular weight is 438 g/mol. The van der Waals surface area contributed by atoms with Crippen LogP contribution in [0.2, 0.25) is 0 Å². The lowest BCUT2D eigenvalue weighted by molar-refractivity contribution is 0.0635. The lowest BCUT2D eigenvalue weighted by atomic mass is 9.82. The minimum Gasteiger partial charge on any atom is -0.444 e. The Hall–Kier alpha value is -2.86. The maximum atomic E-state index is 12.8. The van der Waals surface area contributed by atoms with Crippen molar-refractivity contribution in [3.63, 3.8) is 0 Å². The van der Waals surface area contributed by atoms with E-state index in [0.717, 1.165) is 19.6 Å². The first-order chi connectivity index (χ1) is 15.0. The normalized spacial score (nSPS) is 16.3. The third-order valence-electron chi connectivity index (χ3n) is 5.64. The number of nitrogens with one attached hydrogen (secondary N) is 2. The molecular formula is C26H35N3O3. The van der Waals surface area contributed by atoms with E-state index in [1.807, 2.05) is 24.3 Å². The fraction of sp³-hybridized carbons (Fsp3) is 0.462. The van der Waals surface area contributed by atoms with Gasteiger partial charge in [-0.05, 0) is 81.9 Å². The molecule has 6 nitrogen and oxygen atoms in total. The molecule has 0 spiro atoms. The summed E-state index contributed by atoms with van der Waals surface area (Å²) in [6.07, 6.45) is 1.86. The van der Waals surface area contributed by atoms with Crippen molar-refractivity contribution in [2.24, 2.45) is 5.41 Å². The van der Waals surface area contributed by atoms with Gasteiger partial charge in [-0.25, -0.2) is 4.79 Å². The SMILES string of the molecule is CC1(C)CCN(Cc2ccc(C(=O)Nc3ccccc3NC(=O)OC(C)(C)C)cc2)CC1. The van der Waals surface area contributed by atoms with Gasteiger partial charge in [-0.1, -0.05) is 38.1 Å². The molecule has 172 valence electrons. The molecule has 0 bridgehead atoms. The van der Waals surface area contributed by atoms with Gasteiger partial charge in [0.1, 0.15) is 5.60 Å². The van der Waals surface area contributed by atoms with Gasteiger partial charge in [0.2, 0.25) is 0 Å². The number of nitrogens with zero attached hydrogens (tertiary/aromatic N) is 1. The van der Waals surface area contributed by atoms with Crippen molar-refractivity contribution in [1.82, 2.24) is 4.90 Å². The van der Waals surface area contributed by atoms with Gasteiger partial charge in [-0.2, -0.15) is 0 Å². The third kappa shape index (κ3) is 7.09. The highest BCUT2D eigenvalue weighted by Gasteiger charge is 2.25. The number of likely N-dealkylation sites (tertiary alicyclic amines) is 1. The summed E-state index contributed by atoms with van der Waals surface area (Å²) < 4.78 is 5.31. The minimum absolute atomic E-state index is 0.227. The van der Waals surface area contributed by atoms with Gasteiger partial charge in [0.05, 0.1) is 11.4 Å². The molecule has 2 N–H and O–H groups in total. The van der Waals surface area contributed by atoms with Crippen LogP contribution in [0.4, 0.5) is 16.2 Å². The fourth-order valence-corrected chi connectivity index (χ4v) is 3.65. The molecule has 0 aliphatic carbocycles. The molecule has 0 saturated carbocycles. The van der Waals surface area contributed by atoms with Gasteiger partial charge in [-0.15, -0.1) is 0 Å². The number of amides is 2. The highest BCUT2D eigenvalue weighted by molar-refractivity contribution is 6.06. The minimum atomic E-state index is -0.603. The second-order valence-electron chi connectivity index (χ2n) is 10.3. The van der Waals surface area contributed by atoms with E-state index < -0.39 is 11.7 Å². The van der Waals surface area contributed by atoms with Crippen molar-refractivity contribution in [2.75, 3.05) is 23.7 Å². The highest BCUT2D eigenvalue weighted by atomic mass is 16.6. The second-order valence-corrected chi connectivity index (χ2v) is 10.3. The van der Waals surface area contributed by atoms with E-state index in [1.54, 1.807) is 45.0 Å². The van der Waals surface area contributed by atoms with Gasteiger partial charge in [0, 0.05) is 12.1 Å². The largest absolute Gasteiger partial charge is 0.444 e. The van der Waals surface area contributed by atoms with Gasteiger partial charge in [-0.3, -0.25) is 15.0 Å². The molecule has 0 unspecified atom stereocenters. The Morgan fingerprint density at radius 2 is 1.50 bits per heavy atom. The third-order valence-corrected chi connectivity index (χ3v) is 5.64. The van der Waals surface area contributed by atoms with Gasteiger partial charge in [0.15, 0.2) is 0 Å². The van der Waals surface area contributed by atoms with E-state index in [2.05, 4.69) is 29.4 Å². The number of piperidine rings is 1. The van der Waals surface area contributed by atoms with Gasteiger partial charge < -0.3 is 10.1 Å². The van der Waals surface area contributed by atoms with Crippen LogP contribution in [0.15, 0.2) is 48.5 Å². The monoisotopic (exact) mass is 437 g/mol. The van der Waals surface area contributed by atoms with Gasteiger partial charge in [0.25, 0.3) is 5.91 Å². The van der Waals surface area contributed by atoms with Crippen LogP contribution in [0.3, 0.4) is 0 Å². The Balaban J connectivity index is 1.60. The summed E-state index contributed by atoms with van der Waals surface area (Å²) in [4.78, 5) is 27.4. The van der Waals surface area contributed by atoms with Crippen molar-refractivity contribution in [1.29, 1.82) is 0 Å². The quantitative estimate of drug-likeness (QED) is 0.610. The summed E-state index contributed by atoms with van der Waals surface area (Å²) >= 11 is 0. The number of para-hydroxylation sites is 2.